The van der Waals surface area contributed by atoms with Gasteiger partial charge in [-0.05, 0) is 30.7 Å². The molecular weight excluding hydrogens is 398 g/mol. The Morgan fingerprint density at radius 3 is 2.71 bits per heavy atom. The van der Waals surface area contributed by atoms with E-state index in [2.05, 4.69) is 21.6 Å². The van der Waals surface area contributed by atoms with Crippen LogP contribution in [0.3, 0.4) is 0 Å². The number of nitro groups is 1. The number of thioether (sulfide) groups is 1. The van der Waals surface area contributed by atoms with E-state index in [1.807, 2.05) is 12.1 Å². The van der Waals surface area contributed by atoms with Crippen molar-refractivity contribution >= 4 is 39.8 Å². The first-order valence-corrected chi connectivity index (χ1v) is 9.79. The van der Waals surface area contributed by atoms with E-state index in [-0.39, 0.29) is 11.3 Å². The standard InChI is InChI=1S/C18H13N5O3S2/c1-11-14(3-2-4-15(11)23(25)26)16(24)20-17-21-22-18(28-17)27-10-13-7-5-12(9-19)6-8-13/h2-8H,10H2,1H3,(H,20,21,24). The average molecular weight is 411 g/mol. The Balaban J connectivity index is 1.64. The van der Waals surface area contributed by atoms with Gasteiger partial charge in [0, 0.05) is 22.9 Å². The highest BCUT2D eigenvalue weighted by Crippen LogP contribution is 2.29. The number of nitro benzene ring substituents is 1. The molecule has 0 fully saturated rings. The molecule has 3 rings (SSSR count). The third-order valence-electron chi connectivity index (χ3n) is 3.82. The van der Waals surface area contributed by atoms with Gasteiger partial charge in [0.1, 0.15) is 0 Å². The summed E-state index contributed by atoms with van der Waals surface area (Å²) in [7, 11) is 0. The molecule has 1 N–H and O–H groups in total. The lowest BCUT2D eigenvalue weighted by atomic mass is 10.1. The number of amides is 1. The molecule has 10 heteroatoms. The second kappa shape index (κ2) is 8.60. The van der Waals surface area contributed by atoms with Crippen LogP contribution in [0.25, 0.3) is 0 Å². The fraction of sp³-hybridized carbons (Fsp3) is 0.111. The SMILES string of the molecule is Cc1c(C(=O)Nc2nnc(SCc3ccc(C#N)cc3)s2)cccc1[N+](=O)[O-]. The number of benzene rings is 2. The lowest BCUT2D eigenvalue weighted by Crippen LogP contribution is -2.14. The molecule has 2 aromatic carbocycles. The number of nitriles is 1. The van der Waals surface area contributed by atoms with Crippen molar-refractivity contribution in [1.29, 1.82) is 5.26 Å². The van der Waals surface area contributed by atoms with Crippen molar-refractivity contribution in [3.63, 3.8) is 0 Å². The van der Waals surface area contributed by atoms with Gasteiger partial charge >= 0.3 is 0 Å². The Kier molecular flexibility index (Phi) is 5.98. The first kappa shape index (κ1) is 19.5. The highest BCUT2D eigenvalue weighted by molar-refractivity contribution is 8.00. The summed E-state index contributed by atoms with van der Waals surface area (Å²) in [6, 6.07) is 13.7. The first-order valence-electron chi connectivity index (χ1n) is 7.98. The van der Waals surface area contributed by atoms with Gasteiger partial charge in [-0.2, -0.15) is 5.26 Å². The van der Waals surface area contributed by atoms with E-state index in [9.17, 15) is 14.9 Å². The van der Waals surface area contributed by atoms with E-state index in [1.54, 1.807) is 12.1 Å². The summed E-state index contributed by atoms with van der Waals surface area (Å²) in [4.78, 5) is 22.9. The fourth-order valence-corrected chi connectivity index (χ4v) is 4.07. The molecule has 1 heterocycles. The Morgan fingerprint density at radius 1 is 1.29 bits per heavy atom. The zero-order valence-electron chi connectivity index (χ0n) is 14.6. The minimum Gasteiger partial charge on any atom is -0.296 e. The predicted octanol–water partition coefficient (Wildman–Crippen LogP) is 4.17. The molecule has 0 atom stereocenters. The Morgan fingerprint density at radius 2 is 2.04 bits per heavy atom. The molecule has 3 aromatic rings. The molecule has 140 valence electrons. The molecule has 8 nitrogen and oxygen atoms in total. The van der Waals surface area contributed by atoms with Crippen molar-refractivity contribution in [2.24, 2.45) is 0 Å². The maximum Gasteiger partial charge on any atom is 0.273 e. The summed E-state index contributed by atoms with van der Waals surface area (Å²) in [5.41, 5.74) is 2.05. The van der Waals surface area contributed by atoms with Gasteiger partial charge in [0.05, 0.1) is 16.6 Å². The van der Waals surface area contributed by atoms with Gasteiger partial charge in [0.25, 0.3) is 11.6 Å². The van der Waals surface area contributed by atoms with E-state index in [4.69, 9.17) is 5.26 Å². The van der Waals surface area contributed by atoms with Crippen LogP contribution in [-0.2, 0) is 5.75 Å². The average Bonchev–Trinajstić information content (AvgIpc) is 3.14. The number of hydrogen-bond donors (Lipinski definition) is 1. The molecule has 0 saturated heterocycles. The van der Waals surface area contributed by atoms with Gasteiger partial charge < -0.3 is 0 Å². The van der Waals surface area contributed by atoms with Gasteiger partial charge in [-0.25, -0.2) is 0 Å². The summed E-state index contributed by atoms with van der Waals surface area (Å²) >= 11 is 2.68. The molecule has 0 aliphatic rings. The van der Waals surface area contributed by atoms with Crippen LogP contribution in [0.5, 0.6) is 0 Å². The van der Waals surface area contributed by atoms with Crippen molar-refractivity contribution < 1.29 is 9.72 Å². The third kappa shape index (κ3) is 4.51. The Labute approximate surface area is 168 Å². The van der Waals surface area contributed by atoms with Crippen LogP contribution < -0.4 is 5.32 Å². The predicted molar refractivity (Wildman–Crippen MR) is 106 cm³/mol. The number of aromatic nitrogens is 2. The zero-order valence-corrected chi connectivity index (χ0v) is 16.2. The lowest BCUT2D eigenvalue weighted by Gasteiger charge is -2.05. The second-order valence-corrected chi connectivity index (χ2v) is 7.83. The van der Waals surface area contributed by atoms with E-state index in [0.717, 1.165) is 5.56 Å². The number of hydrogen-bond acceptors (Lipinski definition) is 8. The molecule has 0 aliphatic carbocycles. The molecule has 1 aromatic heterocycles. The van der Waals surface area contributed by atoms with Gasteiger partial charge in [-0.15, -0.1) is 10.2 Å². The molecule has 0 radical (unpaired) electrons. The van der Waals surface area contributed by atoms with E-state index in [1.165, 1.54) is 48.2 Å². The number of rotatable bonds is 6. The maximum absolute atomic E-state index is 12.4. The maximum atomic E-state index is 12.4. The van der Waals surface area contributed by atoms with Crippen LogP contribution in [0.4, 0.5) is 10.8 Å². The highest BCUT2D eigenvalue weighted by atomic mass is 32.2. The molecule has 0 saturated carbocycles. The summed E-state index contributed by atoms with van der Waals surface area (Å²) < 4.78 is 0.676. The van der Waals surface area contributed by atoms with Crippen molar-refractivity contribution in [2.75, 3.05) is 5.32 Å². The summed E-state index contributed by atoms with van der Waals surface area (Å²) in [5.74, 6) is 0.180. The summed E-state index contributed by atoms with van der Waals surface area (Å²) in [5, 5.41) is 30.8. The van der Waals surface area contributed by atoms with Gasteiger partial charge in [-0.3, -0.25) is 20.2 Å². The summed E-state index contributed by atoms with van der Waals surface area (Å²) in [6.07, 6.45) is 0. The normalized spacial score (nSPS) is 10.3. The van der Waals surface area contributed by atoms with Crippen molar-refractivity contribution in [3.8, 4) is 6.07 Å². The molecule has 1 amide bonds. The number of carbonyl (C=O) groups is 1. The van der Waals surface area contributed by atoms with E-state index in [0.29, 0.717) is 26.4 Å². The number of nitrogens with zero attached hydrogens (tertiary/aromatic N) is 4. The zero-order chi connectivity index (χ0) is 20.1. The lowest BCUT2D eigenvalue weighted by molar-refractivity contribution is -0.385. The molecule has 0 aliphatic heterocycles. The van der Waals surface area contributed by atoms with Crippen molar-refractivity contribution in [1.82, 2.24) is 10.2 Å². The van der Waals surface area contributed by atoms with Crippen molar-refractivity contribution in [3.05, 3.63) is 74.8 Å². The molecule has 0 spiro atoms. The van der Waals surface area contributed by atoms with Gasteiger partial charge in [-0.1, -0.05) is 41.3 Å². The number of nitrogens with one attached hydrogen (secondary N) is 1. The first-order chi connectivity index (χ1) is 13.5. The summed E-state index contributed by atoms with van der Waals surface area (Å²) in [6.45, 7) is 1.53. The van der Waals surface area contributed by atoms with Crippen molar-refractivity contribution in [2.45, 2.75) is 17.0 Å². The largest absolute Gasteiger partial charge is 0.296 e. The Hall–Kier alpha value is -3.29. The molecule has 0 bridgehead atoms. The minimum absolute atomic E-state index is 0.108. The van der Waals surface area contributed by atoms with Crippen LogP contribution in [0, 0.1) is 28.4 Å². The van der Waals surface area contributed by atoms with Gasteiger partial charge in [0.15, 0.2) is 4.34 Å². The van der Waals surface area contributed by atoms with Gasteiger partial charge in [0.2, 0.25) is 5.13 Å². The van der Waals surface area contributed by atoms with Crippen LogP contribution in [-0.4, -0.2) is 21.0 Å². The second-order valence-electron chi connectivity index (χ2n) is 5.63. The number of carbonyl (C=O) groups excluding carboxylic acids is 1. The highest BCUT2D eigenvalue weighted by Gasteiger charge is 2.19. The quantitative estimate of drug-likeness (QED) is 0.279. The Bertz CT molecular complexity index is 1070. The fourth-order valence-electron chi connectivity index (χ4n) is 2.37. The van der Waals surface area contributed by atoms with E-state index >= 15 is 0 Å². The van der Waals surface area contributed by atoms with E-state index < -0.39 is 10.8 Å². The number of anilines is 1. The third-order valence-corrected chi connectivity index (χ3v) is 5.86. The topological polar surface area (TPSA) is 122 Å². The van der Waals surface area contributed by atoms with Crippen LogP contribution in [0.15, 0.2) is 46.8 Å². The van der Waals surface area contributed by atoms with Crippen LogP contribution >= 0.6 is 23.1 Å². The smallest absolute Gasteiger partial charge is 0.273 e. The molecule has 0 unspecified atom stereocenters. The monoisotopic (exact) mass is 411 g/mol. The minimum atomic E-state index is -0.519. The molecular formula is C18H13N5O3S2. The van der Waals surface area contributed by atoms with Crippen LogP contribution in [0.2, 0.25) is 0 Å². The molecule has 28 heavy (non-hydrogen) atoms. The van der Waals surface area contributed by atoms with Crippen LogP contribution in [0.1, 0.15) is 27.0 Å².